The van der Waals surface area contributed by atoms with Gasteiger partial charge in [0.05, 0.1) is 12.0 Å². The minimum Gasteiger partial charge on any atom is -0.469 e. The van der Waals surface area contributed by atoms with Crippen LogP contribution in [0.15, 0.2) is 22.8 Å². The van der Waals surface area contributed by atoms with E-state index in [0.717, 1.165) is 18.6 Å². The maximum Gasteiger partial charge on any atom is 0.147 e. The molecule has 0 aromatic carbocycles. The number of furan rings is 1. The van der Waals surface area contributed by atoms with Crippen LogP contribution < -0.4 is 5.73 Å². The first-order valence-electron chi connectivity index (χ1n) is 4.93. The van der Waals surface area contributed by atoms with Gasteiger partial charge in [-0.1, -0.05) is 0 Å². The summed E-state index contributed by atoms with van der Waals surface area (Å²) < 4.78 is 26.9. The van der Waals surface area contributed by atoms with Crippen molar-refractivity contribution in [1.82, 2.24) is 0 Å². The van der Waals surface area contributed by atoms with Crippen molar-refractivity contribution in [2.75, 3.05) is 12.0 Å². The molecule has 0 aliphatic carbocycles. The van der Waals surface area contributed by atoms with Gasteiger partial charge in [0.1, 0.15) is 15.6 Å². The summed E-state index contributed by atoms with van der Waals surface area (Å²) in [6.45, 7) is 0. The molecule has 0 aliphatic rings. The Morgan fingerprint density at radius 2 is 2.20 bits per heavy atom. The molecule has 2 N–H and O–H groups in total. The van der Waals surface area contributed by atoms with Crippen LogP contribution in [0.5, 0.6) is 0 Å². The fraction of sp³-hybridized carbons (Fsp3) is 0.600. The van der Waals surface area contributed by atoms with E-state index in [1.54, 1.807) is 6.26 Å². The van der Waals surface area contributed by atoms with Crippen LogP contribution >= 0.6 is 0 Å². The molecule has 4 nitrogen and oxygen atoms in total. The van der Waals surface area contributed by atoms with E-state index in [1.807, 2.05) is 12.1 Å². The summed E-state index contributed by atoms with van der Waals surface area (Å²) in [4.78, 5) is 0. The molecule has 0 saturated heterocycles. The van der Waals surface area contributed by atoms with Crippen LogP contribution in [-0.2, 0) is 16.3 Å². The van der Waals surface area contributed by atoms with Gasteiger partial charge in [-0.15, -0.1) is 0 Å². The maximum absolute atomic E-state index is 10.9. The van der Waals surface area contributed by atoms with E-state index in [4.69, 9.17) is 10.2 Å². The Labute approximate surface area is 90.4 Å². The first-order valence-corrected chi connectivity index (χ1v) is 6.99. The Kier molecular flexibility index (Phi) is 4.35. The minimum atomic E-state index is -2.89. The average Bonchev–Trinajstić information content (AvgIpc) is 2.62. The SMILES string of the molecule is CS(=O)(=O)CCC(N)CCc1ccco1. The standard InChI is InChI=1S/C10H17NO3S/c1-15(12,13)8-6-9(11)4-5-10-3-2-7-14-10/h2-3,7,9H,4-6,8,11H2,1H3. The van der Waals surface area contributed by atoms with Crippen LogP contribution in [0.1, 0.15) is 18.6 Å². The van der Waals surface area contributed by atoms with Gasteiger partial charge in [-0.2, -0.15) is 0 Å². The lowest BCUT2D eigenvalue weighted by atomic mass is 10.1. The van der Waals surface area contributed by atoms with Crippen molar-refractivity contribution < 1.29 is 12.8 Å². The molecule has 0 bridgehead atoms. The van der Waals surface area contributed by atoms with Gasteiger partial charge in [0, 0.05) is 18.7 Å². The Morgan fingerprint density at radius 1 is 1.47 bits per heavy atom. The number of hydrogen-bond donors (Lipinski definition) is 1. The first-order chi connectivity index (χ1) is 6.97. The Balaban J connectivity index is 2.22. The molecule has 0 aliphatic heterocycles. The van der Waals surface area contributed by atoms with Crippen molar-refractivity contribution >= 4 is 9.84 Å². The van der Waals surface area contributed by atoms with E-state index in [0.29, 0.717) is 6.42 Å². The molecule has 0 amide bonds. The zero-order valence-corrected chi connectivity index (χ0v) is 9.66. The van der Waals surface area contributed by atoms with E-state index in [9.17, 15) is 8.42 Å². The Hall–Kier alpha value is -0.810. The van der Waals surface area contributed by atoms with Crippen molar-refractivity contribution in [2.24, 2.45) is 5.73 Å². The lowest BCUT2D eigenvalue weighted by Gasteiger charge is -2.09. The smallest absolute Gasteiger partial charge is 0.147 e. The van der Waals surface area contributed by atoms with Gasteiger partial charge in [0.15, 0.2) is 0 Å². The fourth-order valence-corrected chi connectivity index (χ4v) is 2.02. The number of nitrogens with two attached hydrogens (primary N) is 1. The molecule has 15 heavy (non-hydrogen) atoms. The third-order valence-corrected chi connectivity index (χ3v) is 3.18. The highest BCUT2D eigenvalue weighted by Gasteiger charge is 2.08. The lowest BCUT2D eigenvalue weighted by molar-refractivity contribution is 0.481. The second kappa shape index (κ2) is 5.32. The molecule has 5 heteroatoms. The van der Waals surface area contributed by atoms with Gasteiger partial charge >= 0.3 is 0 Å². The summed E-state index contributed by atoms with van der Waals surface area (Å²) in [6, 6.07) is 3.64. The summed E-state index contributed by atoms with van der Waals surface area (Å²) in [6.07, 6.45) is 4.88. The highest BCUT2D eigenvalue weighted by molar-refractivity contribution is 7.90. The summed E-state index contributed by atoms with van der Waals surface area (Å²) in [5.74, 6) is 1.05. The van der Waals surface area contributed by atoms with Crippen LogP contribution in [0, 0.1) is 0 Å². The zero-order valence-electron chi connectivity index (χ0n) is 8.85. The number of sulfone groups is 1. The van der Waals surface area contributed by atoms with Crippen LogP contribution in [0.4, 0.5) is 0 Å². The molecule has 1 rings (SSSR count). The maximum atomic E-state index is 10.9. The molecule has 0 spiro atoms. The monoisotopic (exact) mass is 231 g/mol. The summed E-state index contributed by atoms with van der Waals surface area (Å²) in [5.41, 5.74) is 5.79. The highest BCUT2D eigenvalue weighted by Crippen LogP contribution is 2.07. The van der Waals surface area contributed by atoms with Crippen molar-refractivity contribution in [3.8, 4) is 0 Å². The van der Waals surface area contributed by atoms with E-state index >= 15 is 0 Å². The average molecular weight is 231 g/mol. The predicted molar refractivity (Wildman–Crippen MR) is 59.3 cm³/mol. The second-order valence-electron chi connectivity index (χ2n) is 3.80. The third kappa shape index (κ3) is 5.59. The Morgan fingerprint density at radius 3 is 2.73 bits per heavy atom. The van der Waals surface area contributed by atoms with Crippen molar-refractivity contribution in [2.45, 2.75) is 25.3 Å². The van der Waals surface area contributed by atoms with E-state index in [1.165, 1.54) is 6.26 Å². The minimum absolute atomic E-state index is 0.0789. The number of hydrogen-bond acceptors (Lipinski definition) is 4. The topological polar surface area (TPSA) is 73.3 Å². The molecule has 1 aromatic heterocycles. The van der Waals surface area contributed by atoms with Gasteiger partial charge in [0.2, 0.25) is 0 Å². The Bertz CT molecular complexity index is 369. The molecule has 0 fully saturated rings. The van der Waals surface area contributed by atoms with Gasteiger partial charge in [-0.05, 0) is 25.0 Å². The molecule has 0 saturated carbocycles. The largest absolute Gasteiger partial charge is 0.469 e. The molecule has 0 radical (unpaired) electrons. The first kappa shape index (κ1) is 12.3. The molecule has 1 heterocycles. The fourth-order valence-electron chi connectivity index (χ4n) is 1.29. The number of rotatable bonds is 6. The summed E-state index contributed by atoms with van der Waals surface area (Å²) >= 11 is 0. The molecule has 1 aromatic rings. The quantitative estimate of drug-likeness (QED) is 0.792. The van der Waals surface area contributed by atoms with Crippen molar-refractivity contribution in [3.05, 3.63) is 24.2 Å². The third-order valence-electron chi connectivity index (χ3n) is 2.20. The van der Waals surface area contributed by atoms with Gasteiger partial charge in [0.25, 0.3) is 0 Å². The molecular weight excluding hydrogens is 214 g/mol. The summed E-state index contributed by atoms with van der Waals surface area (Å²) in [7, 11) is -2.89. The normalized spacial score (nSPS) is 14.0. The van der Waals surface area contributed by atoms with Crippen LogP contribution in [0.2, 0.25) is 0 Å². The molecule has 1 unspecified atom stereocenters. The van der Waals surface area contributed by atoms with E-state index in [2.05, 4.69) is 0 Å². The van der Waals surface area contributed by atoms with Gasteiger partial charge in [-0.25, -0.2) is 8.42 Å². The zero-order chi connectivity index (χ0) is 11.3. The van der Waals surface area contributed by atoms with Crippen LogP contribution in [0.25, 0.3) is 0 Å². The van der Waals surface area contributed by atoms with E-state index in [-0.39, 0.29) is 11.8 Å². The molecular formula is C10H17NO3S. The highest BCUT2D eigenvalue weighted by atomic mass is 32.2. The van der Waals surface area contributed by atoms with Gasteiger partial charge in [-0.3, -0.25) is 0 Å². The van der Waals surface area contributed by atoms with E-state index < -0.39 is 9.84 Å². The molecule has 86 valence electrons. The van der Waals surface area contributed by atoms with Crippen LogP contribution in [-0.4, -0.2) is 26.5 Å². The lowest BCUT2D eigenvalue weighted by Crippen LogP contribution is -2.24. The summed E-state index contributed by atoms with van der Waals surface area (Å²) in [5, 5.41) is 0. The second-order valence-corrected chi connectivity index (χ2v) is 6.06. The predicted octanol–water partition coefficient (Wildman–Crippen LogP) is 0.974. The number of aryl methyl sites for hydroxylation is 1. The molecule has 1 atom stereocenters. The van der Waals surface area contributed by atoms with Crippen molar-refractivity contribution in [1.29, 1.82) is 0 Å². The van der Waals surface area contributed by atoms with Crippen molar-refractivity contribution in [3.63, 3.8) is 0 Å². The van der Waals surface area contributed by atoms with Gasteiger partial charge < -0.3 is 10.2 Å². The van der Waals surface area contributed by atoms with Crippen LogP contribution in [0.3, 0.4) is 0 Å².